The SMILES string of the molecule is COc1ccc(C(NC(=O)COC(=O)c2cnc3ccccc3c2C(F)(F)F)c2ccccc2)cc1. The van der Waals surface area contributed by atoms with Gasteiger partial charge in [-0.15, -0.1) is 0 Å². The van der Waals surface area contributed by atoms with Gasteiger partial charge in [0.2, 0.25) is 0 Å². The molecule has 0 fully saturated rings. The van der Waals surface area contributed by atoms with E-state index >= 15 is 0 Å². The first kappa shape index (κ1) is 24.7. The van der Waals surface area contributed by atoms with E-state index in [1.807, 2.05) is 30.3 Å². The molecule has 1 heterocycles. The standard InChI is InChI=1S/C27H21F3N2O4/c1-35-19-13-11-18(12-14-19)25(17-7-3-2-4-8-17)32-23(33)16-36-26(34)21-15-31-22-10-6-5-9-20(22)24(21)27(28,29)30/h2-15,25H,16H2,1H3,(H,32,33). The van der Waals surface area contributed by atoms with E-state index in [1.54, 1.807) is 30.3 Å². The third-order valence-corrected chi connectivity index (χ3v) is 5.50. The van der Waals surface area contributed by atoms with E-state index in [-0.39, 0.29) is 10.9 Å². The molecule has 0 spiro atoms. The first-order chi connectivity index (χ1) is 17.3. The minimum absolute atomic E-state index is 0.0873. The van der Waals surface area contributed by atoms with E-state index < -0.39 is 41.8 Å². The summed E-state index contributed by atoms with van der Waals surface area (Å²) in [5.41, 5.74) is -0.327. The lowest BCUT2D eigenvalue weighted by Crippen LogP contribution is -2.33. The van der Waals surface area contributed by atoms with Crippen LogP contribution in [0.2, 0.25) is 0 Å². The number of nitrogens with one attached hydrogen (secondary N) is 1. The van der Waals surface area contributed by atoms with Gasteiger partial charge in [0.1, 0.15) is 5.75 Å². The van der Waals surface area contributed by atoms with Gasteiger partial charge < -0.3 is 14.8 Å². The van der Waals surface area contributed by atoms with Crippen molar-refractivity contribution in [3.8, 4) is 5.75 Å². The van der Waals surface area contributed by atoms with Crippen LogP contribution in [-0.4, -0.2) is 30.6 Å². The highest BCUT2D eigenvalue weighted by atomic mass is 19.4. The third-order valence-electron chi connectivity index (χ3n) is 5.50. The summed E-state index contributed by atoms with van der Waals surface area (Å²) in [4.78, 5) is 29.2. The van der Waals surface area contributed by atoms with E-state index in [1.165, 1.54) is 25.3 Å². The molecule has 0 saturated carbocycles. The van der Waals surface area contributed by atoms with Crippen molar-refractivity contribution in [3.63, 3.8) is 0 Å². The Bertz CT molecular complexity index is 1370. The highest BCUT2D eigenvalue weighted by Gasteiger charge is 2.38. The van der Waals surface area contributed by atoms with Crippen molar-refractivity contribution in [3.05, 3.63) is 107 Å². The first-order valence-electron chi connectivity index (χ1n) is 10.9. The predicted octanol–water partition coefficient (Wildman–Crippen LogP) is 5.32. The molecular weight excluding hydrogens is 473 g/mol. The number of ether oxygens (including phenoxy) is 2. The number of esters is 1. The number of fused-ring (bicyclic) bond motifs is 1. The maximum atomic E-state index is 13.8. The van der Waals surface area contributed by atoms with Crippen molar-refractivity contribution in [2.45, 2.75) is 12.2 Å². The Morgan fingerprint density at radius 1 is 0.917 bits per heavy atom. The van der Waals surface area contributed by atoms with Crippen molar-refractivity contribution >= 4 is 22.8 Å². The number of carbonyl (C=O) groups excluding carboxylic acids is 2. The number of benzene rings is 3. The van der Waals surface area contributed by atoms with Crippen LogP contribution < -0.4 is 10.1 Å². The van der Waals surface area contributed by atoms with Crippen LogP contribution in [-0.2, 0) is 15.7 Å². The fraction of sp³-hybridized carbons (Fsp3) is 0.148. The summed E-state index contributed by atoms with van der Waals surface area (Å²) in [6, 6.07) is 21.1. The topological polar surface area (TPSA) is 77.5 Å². The number of para-hydroxylation sites is 1. The van der Waals surface area contributed by atoms with Gasteiger partial charge in [0.25, 0.3) is 5.91 Å². The number of rotatable bonds is 7. The number of pyridine rings is 1. The molecule has 184 valence electrons. The number of amides is 1. The number of nitrogens with zero attached hydrogens (tertiary/aromatic N) is 1. The third kappa shape index (κ3) is 5.46. The molecule has 0 bridgehead atoms. The van der Waals surface area contributed by atoms with Crippen molar-refractivity contribution in [2.75, 3.05) is 13.7 Å². The Kier molecular flexibility index (Phi) is 7.19. The molecule has 1 atom stereocenters. The van der Waals surface area contributed by atoms with E-state index in [0.29, 0.717) is 5.75 Å². The molecule has 1 unspecified atom stereocenters. The zero-order valence-electron chi connectivity index (χ0n) is 19.1. The summed E-state index contributed by atoms with van der Waals surface area (Å²) in [5.74, 6) is -1.35. The first-order valence-corrected chi connectivity index (χ1v) is 10.9. The molecular formula is C27H21F3N2O4. The van der Waals surface area contributed by atoms with Gasteiger partial charge in [-0.2, -0.15) is 13.2 Å². The van der Waals surface area contributed by atoms with Crippen molar-refractivity contribution in [1.82, 2.24) is 10.3 Å². The van der Waals surface area contributed by atoms with Gasteiger partial charge >= 0.3 is 12.1 Å². The molecule has 0 aliphatic rings. The smallest absolute Gasteiger partial charge is 0.417 e. The van der Waals surface area contributed by atoms with E-state index in [0.717, 1.165) is 17.3 Å². The molecule has 6 nitrogen and oxygen atoms in total. The average Bonchev–Trinajstić information content (AvgIpc) is 2.89. The van der Waals surface area contributed by atoms with Crippen molar-refractivity contribution in [2.24, 2.45) is 0 Å². The number of hydrogen-bond acceptors (Lipinski definition) is 5. The van der Waals surface area contributed by atoms with Crippen molar-refractivity contribution < 1.29 is 32.2 Å². The largest absolute Gasteiger partial charge is 0.497 e. The second-order valence-corrected chi connectivity index (χ2v) is 7.82. The minimum atomic E-state index is -4.83. The quantitative estimate of drug-likeness (QED) is 0.352. The fourth-order valence-corrected chi connectivity index (χ4v) is 3.81. The summed E-state index contributed by atoms with van der Waals surface area (Å²) in [6.45, 7) is -0.775. The second kappa shape index (κ2) is 10.5. The second-order valence-electron chi connectivity index (χ2n) is 7.82. The zero-order valence-corrected chi connectivity index (χ0v) is 19.1. The molecule has 1 amide bonds. The maximum absolute atomic E-state index is 13.8. The molecule has 0 saturated heterocycles. The van der Waals surface area contributed by atoms with Crippen LogP contribution in [0.1, 0.15) is 33.1 Å². The van der Waals surface area contributed by atoms with Gasteiger partial charge in [0.15, 0.2) is 6.61 Å². The highest BCUT2D eigenvalue weighted by molar-refractivity contribution is 5.98. The minimum Gasteiger partial charge on any atom is -0.497 e. The molecule has 0 aliphatic heterocycles. The summed E-state index contributed by atoms with van der Waals surface area (Å²) < 4.78 is 51.6. The zero-order chi connectivity index (χ0) is 25.7. The Morgan fingerprint density at radius 3 is 2.22 bits per heavy atom. The van der Waals surface area contributed by atoms with E-state index in [9.17, 15) is 22.8 Å². The summed E-state index contributed by atoms with van der Waals surface area (Å²) in [7, 11) is 1.54. The van der Waals surface area contributed by atoms with Gasteiger partial charge in [0.05, 0.1) is 29.8 Å². The molecule has 4 aromatic rings. The number of halogens is 3. The Labute approximate surface area is 204 Å². The molecule has 1 aromatic heterocycles. The van der Waals surface area contributed by atoms with Crippen LogP contribution in [0.3, 0.4) is 0 Å². The van der Waals surface area contributed by atoms with Crippen LogP contribution >= 0.6 is 0 Å². The molecule has 9 heteroatoms. The monoisotopic (exact) mass is 494 g/mol. The Morgan fingerprint density at radius 2 is 1.56 bits per heavy atom. The predicted molar refractivity (Wildman–Crippen MR) is 126 cm³/mol. The number of aromatic nitrogens is 1. The molecule has 1 N–H and O–H groups in total. The Balaban J connectivity index is 1.53. The number of alkyl halides is 3. The highest BCUT2D eigenvalue weighted by Crippen LogP contribution is 2.37. The lowest BCUT2D eigenvalue weighted by atomic mass is 9.98. The number of hydrogen-bond donors (Lipinski definition) is 1. The molecule has 0 radical (unpaired) electrons. The maximum Gasteiger partial charge on any atom is 0.417 e. The van der Waals surface area contributed by atoms with Crippen LogP contribution in [0.5, 0.6) is 5.75 Å². The van der Waals surface area contributed by atoms with Gasteiger partial charge in [-0.25, -0.2) is 4.79 Å². The van der Waals surface area contributed by atoms with Crippen LogP contribution in [0.15, 0.2) is 85.1 Å². The van der Waals surface area contributed by atoms with Gasteiger partial charge in [-0.1, -0.05) is 60.7 Å². The van der Waals surface area contributed by atoms with Gasteiger partial charge in [-0.05, 0) is 29.3 Å². The van der Waals surface area contributed by atoms with Crippen LogP contribution in [0.25, 0.3) is 10.9 Å². The van der Waals surface area contributed by atoms with Crippen molar-refractivity contribution in [1.29, 1.82) is 0 Å². The van der Waals surface area contributed by atoms with Gasteiger partial charge in [-0.3, -0.25) is 9.78 Å². The number of carbonyl (C=O) groups is 2. The van der Waals surface area contributed by atoms with Crippen LogP contribution in [0.4, 0.5) is 13.2 Å². The lowest BCUT2D eigenvalue weighted by molar-refractivity contribution is -0.136. The molecule has 36 heavy (non-hydrogen) atoms. The lowest BCUT2D eigenvalue weighted by Gasteiger charge is -2.20. The Hall–Kier alpha value is -4.40. The van der Waals surface area contributed by atoms with Crippen LogP contribution in [0, 0.1) is 0 Å². The van der Waals surface area contributed by atoms with E-state index in [4.69, 9.17) is 9.47 Å². The van der Waals surface area contributed by atoms with E-state index in [2.05, 4.69) is 10.3 Å². The fourth-order valence-electron chi connectivity index (χ4n) is 3.81. The molecule has 4 rings (SSSR count). The normalized spacial score (nSPS) is 12.1. The number of methoxy groups -OCH3 is 1. The molecule has 3 aromatic carbocycles. The average molecular weight is 494 g/mol. The summed E-state index contributed by atoms with van der Waals surface area (Å²) >= 11 is 0. The summed E-state index contributed by atoms with van der Waals surface area (Å²) in [5, 5.41) is 2.54. The van der Waals surface area contributed by atoms with Gasteiger partial charge in [0, 0.05) is 11.6 Å². The summed E-state index contributed by atoms with van der Waals surface area (Å²) in [6.07, 6.45) is -4.01. The molecule has 0 aliphatic carbocycles.